The quantitative estimate of drug-likeness (QED) is 0.712. The van der Waals surface area contributed by atoms with Crippen molar-refractivity contribution in [2.75, 3.05) is 25.4 Å². The maximum absolute atomic E-state index is 12.4. The van der Waals surface area contributed by atoms with E-state index in [9.17, 15) is 13.2 Å². The van der Waals surface area contributed by atoms with Gasteiger partial charge in [-0.1, -0.05) is 41.4 Å². The van der Waals surface area contributed by atoms with Crippen LogP contribution in [0.2, 0.25) is 10.0 Å². The van der Waals surface area contributed by atoms with Crippen molar-refractivity contribution in [1.29, 1.82) is 0 Å². The lowest BCUT2D eigenvalue weighted by molar-refractivity contribution is -0.118. The number of halogens is 2. The Bertz CT molecular complexity index is 927. The van der Waals surface area contributed by atoms with Gasteiger partial charge in [0.05, 0.1) is 10.9 Å². The normalized spacial score (nSPS) is 16.1. The van der Waals surface area contributed by atoms with Crippen LogP contribution >= 0.6 is 23.2 Å². The fraction of sp³-hybridized carbons (Fsp3) is 0.350. The molecule has 0 radical (unpaired) electrons. The van der Waals surface area contributed by atoms with Crippen molar-refractivity contribution in [2.45, 2.75) is 23.8 Å². The van der Waals surface area contributed by atoms with Gasteiger partial charge >= 0.3 is 0 Å². The van der Waals surface area contributed by atoms with E-state index in [4.69, 9.17) is 23.2 Å². The van der Waals surface area contributed by atoms with Crippen LogP contribution in [0.15, 0.2) is 53.4 Å². The van der Waals surface area contributed by atoms with Gasteiger partial charge in [-0.25, -0.2) is 8.42 Å². The van der Waals surface area contributed by atoms with Crippen molar-refractivity contribution >= 4 is 38.9 Å². The molecule has 28 heavy (non-hydrogen) atoms. The predicted molar refractivity (Wildman–Crippen MR) is 112 cm³/mol. The molecule has 8 heteroatoms. The molecule has 1 heterocycles. The van der Waals surface area contributed by atoms with Crippen LogP contribution in [0.5, 0.6) is 0 Å². The molecule has 1 aliphatic heterocycles. The fourth-order valence-corrected chi connectivity index (χ4v) is 4.95. The Morgan fingerprint density at radius 3 is 2.32 bits per heavy atom. The van der Waals surface area contributed by atoms with Crippen LogP contribution < -0.4 is 5.32 Å². The Labute approximate surface area is 175 Å². The van der Waals surface area contributed by atoms with Crippen LogP contribution in [0.1, 0.15) is 24.4 Å². The van der Waals surface area contributed by atoms with Crippen LogP contribution in [-0.2, 0) is 14.6 Å². The standard InChI is InChI=1S/C20H22Cl2N2O3S/c21-15-7-9-16(10-8-15)28(26,27)14-20(25)23-13-19(24-11-3-4-12-24)17-5-1-2-6-18(17)22/h1-2,5-10,19H,3-4,11-14H2,(H,23,25). The van der Waals surface area contributed by atoms with Gasteiger partial charge in [0, 0.05) is 16.6 Å². The second kappa shape index (κ2) is 9.27. The van der Waals surface area contributed by atoms with E-state index < -0.39 is 21.5 Å². The summed E-state index contributed by atoms with van der Waals surface area (Å²) < 4.78 is 24.9. The van der Waals surface area contributed by atoms with Gasteiger partial charge in [-0.2, -0.15) is 0 Å². The minimum absolute atomic E-state index is 0.0780. The van der Waals surface area contributed by atoms with Gasteiger partial charge in [-0.3, -0.25) is 9.69 Å². The summed E-state index contributed by atoms with van der Waals surface area (Å²) in [5.74, 6) is -1.14. The summed E-state index contributed by atoms with van der Waals surface area (Å²) in [7, 11) is -3.73. The highest BCUT2D eigenvalue weighted by atomic mass is 35.5. The number of benzene rings is 2. The summed E-state index contributed by atoms with van der Waals surface area (Å²) in [6, 6.07) is 13.3. The summed E-state index contributed by atoms with van der Waals surface area (Å²) in [5, 5.41) is 3.86. The minimum Gasteiger partial charge on any atom is -0.353 e. The molecule has 2 aromatic rings. The van der Waals surface area contributed by atoms with Crippen LogP contribution in [0.3, 0.4) is 0 Å². The first-order valence-electron chi connectivity index (χ1n) is 9.10. The fourth-order valence-electron chi connectivity index (χ4n) is 3.39. The van der Waals surface area contributed by atoms with Crippen molar-refractivity contribution in [2.24, 2.45) is 0 Å². The van der Waals surface area contributed by atoms with E-state index in [2.05, 4.69) is 10.2 Å². The first kappa shape index (κ1) is 21.1. The molecule has 1 N–H and O–H groups in total. The zero-order valence-corrected chi connectivity index (χ0v) is 17.6. The van der Waals surface area contributed by atoms with Crippen molar-refractivity contribution in [3.63, 3.8) is 0 Å². The van der Waals surface area contributed by atoms with Crippen LogP contribution in [0.25, 0.3) is 0 Å². The lowest BCUT2D eigenvalue weighted by Gasteiger charge is -2.29. The molecule has 1 saturated heterocycles. The molecule has 150 valence electrons. The molecular weight excluding hydrogens is 419 g/mol. The third-order valence-corrected chi connectivity index (χ3v) is 7.06. The summed E-state index contributed by atoms with van der Waals surface area (Å²) in [6.45, 7) is 2.16. The molecule has 1 amide bonds. The number of likely N-dealkylation sites (tertiary alicyclic amines) is 1. The van der Waals surface area contributed by atoms with Crippen molar-refractivity contribution < 1.29 is 13.2 Å². The molecule has 1 atom stereocenters. The maximum atomic E-state index is 12.4. The Morgan fingerprint density at radius 1 is 1.04 bits per heavy atom. The monoisotopic (exact) mass is 440 g/mol. The van der Waals surface area contributed by atoms with Gasteiger partial charge in [0.25, 0.3) is 0 Å². The average Bonchev–Trinajstić information content (AvgIpc) is 3.18. The van der Waals surface area contributed by atoms with Crippen LogP contribution in [0, 0.1) is 0 Å². The largest absolute Gasteiger partial charge is 0.353 e. The van der Waals surface area contributed by atoms with Gasteiger partial charge in [-0.15, -0.1) is 0 Å². The van der Waals surface area contributed by atoms with Gasteiger partial charge < -0.3 is 5.32 Å². The number of amides is 1. The smallest absolute Gasteiger partial charge is 0.235 e. The molecule has 0 aromatic heterocycles. The predicted octanol–water partition coefficient (Wildman–Crippen LogP) is 3.72. The molecule has 0 aliphatic carbocycles. The average molecular weight is 441 g/mol. The number of hydrogen-bond acceptors (Lipinski definition) is 4. The van der Waals surface area contributed by atoms with E-state index in [1.807, 2.05) is 24.3 Å². The van der Waals surface area contributed by atoms with E-state index in [1.165, 1.54) is 24.3 Å². The van der Waals surface area contributed by atoms with Crippen molar-refractivity contribution in [1.82, 2.24) is 10.2 Å². The number of nitrogens with zero attached hydrogens (tertiary/aromatic N) is 1. The Morgan fingerprint density at radius 2 is 1.68 bits per heavy atom. The van der Waals surface area contributed by atoms with Crippen LogP contribution in [-0.4, -0.2) is 44.6 Å². The first-order chi connectivity index (χ1) is 13.4. The summed E-state index contributed by atoms with van der Waals surface area (Å²) in [4.78, 5) is 14.7. The molecule has 1 aliphatic rings. The molecule has 0 spiro atoms. The van der Waals surface area contributed by atoms with E-state index in [0.29, 0.717) is 16.6 Å². The summed E-state index contributed by atoms with van der Waals surface area (Å²) in [6.07, 6.45) is 2.19. The van der Waals surface area contributed by atoms with Gasteiger partial charge in [0.2, 0.25) is 5.91 Å². The lowest BCUT2D eigenvalue weighted by atomic mass is 10.1. The number of rotatable bonds is 7. The zero-order valence-electron chi connectivity index (χ0n) is 15.3. The van der Waals surface area contributed by atoms with Gasteiger partial charge in [0.1, 0.15) is 5.75 Å². The second-order valence-electron chi connectivity index (χ2n) is 6.80. The number of sulfone groups is 1. The molecule has 1 fully saturated rings. The maximum Gasteiger partial charge on any atom is 0.235 e. The molecule has 2 aromatic carbocycles. The van der Waals surface area contributed by atoms with Crippen molar-refractivity contribution in [3.05, 3.63) is 64.1 Å². The molecule has 0 bridgehead atoms. The van der Waals surface area contributed by atoms with Crippen LogP contribution in [0.4, 0.5) is 0 Å². The number of carbonyl (C=O) groups excluding carboxylic acids is 1. The highest BCUT2D eigenvalue weighted by Crippen LogP contribution is 2.29. The highest BCUT2D eigenvalue weighted by Gasteiger charge is 2.26. The van der Waals surface area contributed by atoms with Gasteiger partial charge in [-0.05, 0) is 61.8 Å². The summed E-state index contributed by atoms with van der Waals surface area (Å²) in [5.41, 5.74) is 0.937. The Hall–Kier alpha value is -1.60. The van der Waals surface area contributed by atoms with E-state index in [1.54, 1.807) is 0 Å². The lowest BCUT2D eigenvalue weighted by Crippen LogP contribution is -2.39. The van der Waals surface area contributed by atoms with E-state index in [0.717, 1.165) is 31.5 Å². The van der Waals surface area contributed by atoms with E-state index >= 15 is 0 Å². The number of carbonyl (C=O) groups is 1. The van der Waals surface area contributed by atoms with Gasteiger partial charge in [0.15, 0.2) is 9.84 Å². The Kier molecular flexibility index (Phi) is 6.99. The molecule has 0 saturated carbocycles. The highest BCUT2D eigenvalue weighted by molar-refractivity contribution is 7.92. The number of nitrogens with one attached hydrogen (secondary N) is 1. The minimum atomic E-state index is -3.73. The van der Waals surface area contributed by atoms with E-state index in [-0.39, 0.29) is 10.9 Å². The SMILES string of the molecule is O=C(CS(=O)(=O)c1ccc(Cl)cc1)NCC(c1ccccc1Cl)N1CCCC1. The third-order valence-electron chi connectivity index (χ3n) is 4.83. The first-order valence-corrected chi connectivity index (χ1v) is 11.5. The zero-order chi connectivity index (χ0) is 20.1. The molecular formula is C20H22Cl2N2O3S. The number of hydrogen-bond donors (Lipinski definition) is 1. The molecule has 5 nitrogen and oxygen atoms in total. The topological polar surface area (TPSA) is 66.5 Å². The molecule has 1 unspecified atom stereocenters. The summed E-state index contributed by atoms with van der Waals surface area (Å²) >= 11 is 12.2. The second-order valence-corrected chi connectivity index (χ2v) is 9.63. The third kappa shape index (κ3) is 5.26. The Balaban J connectivity index is 1.68. The van der Waals surface area contributed by atoms with Crippen molar-refractivity contribution in [3.8, 4) is 0 Å². The molecule has 3 rings (SSSR count).